The molecule has 0 aromatic carbocycles. The van der Waals surface area contributed by atoms with Crippen LogP contribution in [0.3, 0.4) is 0 Å². The van der Waals surface area contributed by atoms with Gasteiger partial charge in [0.15, 0.2) is 0 Å². The molecule has 18 heavy (non-hydrogen) atoms. The highest BCUT2D eigenvalue weighted by Gasteiger charge is 2.12. The Morgan fingerprint density at radius 1 is 1.44 bits per heavy atom. The lowest BCUT2D eigenvalue weighted by Gasteiger charge is -2.04. The molecule has 0 fully saturated rings. The molecule has 0 spiro atoms. The van der Waals surface area contributed by atoms with Gasteiger partial charge < -0.3 is 9.73 Å². The number of halogens is 1. The van der Waals surface area contributed by atoms with Crippen molar-refractivity contribution in [3.63, 3.8) is 0 Å². The highest BCUT2D eigenvalue weighted by Crippen LogP contribution is 2.33. The number of rotatable bonds is 5. The summed E-state index contributed by atoms with van der Waals surface area (Å²) in [6, 6.07) is 2.53. The van der Waals surface area contributed by atoms with Gasteiger partial charge in [-0.25, -0.2) is 0 Å². The third-order valence-corrected chi connectivity index (χ3v) is 4.55. The fraction of sp³-hybridized carbons (Fsp3) is 0.500. The first-order valence-corrected chi connectivity index (χ1v) is 7.49. The Hall–Kier alpha value is -0.720. The quantitative estimate of drug-likeness (QED) is 0.913. The van der Waals surface area contributed by atoms with Crippen LogP contribution < -0.4 is 5.32 Å². The van der Waals surface area contributed by atoms with E-state index in [4.69, 9.17) is 4.42 Å². The van der Waals surface area contributed by atoms with Crippen molar-refractivity contribution in [1.82, 2.24) is 15.5 Å². The van der Waals surface area contributed by atoms with Gasteiger partial charge >= 0.3 is 0 Å². The summed E-state index contributed by atoms with van der Waals surface area (Å²) in [6.07, 6.45) is 0.761. The average Bonchev–Trinajstić information content (AvgIpc) is 2.87. The Labute approximate surface area is 119 Å². The van der Waals surface area contributed by atoms with Crippen molar-refractivity contribution in [2.24, 2.45) is 0 Å². The summed E-state index contributed by atoms with van der Waals surface area (Å²) < 4.78 is 6.76. The Morgan fingerprint density at radius 2 is 2.22 bits per heavy atom. The van der Waals surface area contributed by atoms with Crippen molar-refractivity contribution < 1.29 is 4.42 Å². The van der Waals surface area contributed by atoms with Gasteiger partial charge in [0.25, 0.3) is 5.89 Å². The van der Waals surface area contributed by atoms with E-state index in [0.29, 0.717) is 17.8 Å². The second-order valence-electron chi connectivity index (χ2n) is 4.43. The highest BCUT2D eigenvalue weighted by molar-refractivity contribution is 9.11. The van der Waals surface area contributed by atoms with Crippen molar-refractivity contribution in [2.75, 3.05) is 6.54 Å². The molecule has 0 aliphatic heterocycles. The number of nitrogens with one attached hydrogen (secondary N) is 1. The number of thiophene rings is 1. The monoisotopic (exact) mass is 329 g/mol. The minimum Gasteiger partial charge on any atom is -0.420 e. The minimum absolute atomic E-state index is 0.475. The first-order valence-electron chi connectivity index (χ1n) is 5.88. The zero-order valence-corrected chi connectivity index (χ0v) is 13.1. The van der Waals surface area contributed by atoms with Gasteiger partial charge in [-0.1, -0.05) is 13.8 Å². The summed E-state index contributed by atoms with van der Waals surface area (Å²) in [5.74, 6) is 1.29. The number of hydrogen-bond acceptors (Lipinski definition) is 5. The van der Waals surface area contributed by atoms with Gasteiger partial charge in [0.05, 0.1) is 8.66 Å². The van der Waals surface area contributed by atoms with E-state index in [1.165, 1.54) is 5.56 Å². The molecule has 0 amide bonds. The van der Waals surface area contributed by atoms with E-state index in [2.05, 4.69) is 51.4 Å². The average molecular weight is 330 g/mol. The van der Waals surface area contributed by atoms with E-state index in [9.17, 15) is 0 Å². The lowest BCUT2D eigenvalue weighted by atomic mass is 10.3. The van der Waals surface area contributed by atoms with Crippen LogP contribution >= 0.6 is 27.3 Å². The van der Waals surface area contributed by atoms with Gasteiger partial charge in [-0.3, -0.25) is 0 Å². The summed E-state index contributed by atoms with van der Waals surface area (Å²) in [7, 11) is 0. The summed E-state index contributed by atoms with van der Waals surface area (Å²) in [5.41, 5.74) is 1.19. The third-order valence-electron chi connectivity index (χ3n) is 2.43. The standard InChI is InChI=1S/C12H16BrN3OS/c1-7(2)14-5-4-10-15-16-12(17-10)9-6-8(3)11(13)18-9/h6-7,14H,4-5H2,1-3H3. The molecule has 0 atom stereocenters. The maximum absolute atomic E-state index is 5.65. The molecule has 0 unspecified atom stereocenters. The Balaban J connectivity index is 2.01. The van der Waals surface area contributed by atoms with E-state index in [-0.39, 0.29) is 0 Å². The van der Waals surface area contributed by atoms with Crippen molar-refractivity contribution >= 4 is 27.3 Å². The van der Waals surface area contributed by atoms with Gasteiger partial charge in [-0.05, 0) is 34.5 Å². The molecule has 0 saturated carbocycles. The van der Waals surface area contributed by atoms with Crippen LogP contribution in [0.15, 0.2) is 14.3 Å². The largest absolute Gasteiger partial charge is 0.420 e. The molecule has 2 aromatic heterocycles. The Kier molecular flexibility index (Phi) is 4.53. The number of aromatic nitrogens is 2. The maximum atomic E-state index is 5.65. The summed E-state index contributed by atoms with van der Waals surface area (Å²) in [4.78, 5) is 1.01. The van der Waals surface area contributed by atoms with Gasteiger partial charge in [-0.2, -0.15) is 0 Å². The molecular weight excluding hydrogens is 314 g/mol. The van der Waals surface area contributed by atoms with Crippen LogP contribution in [0.2, 0.25) is 0 Å². The lowest BCUT2D eigenvalue weighted by molar-refractivity contribution is 0.485. The van der Waals surface area contributed by atoms with Gasteiger partial charge in [0.2, 0.25) is 5.89 Å². The van der Waals surface area contributed by atoms with Crippen LogP contribution in [0.1, 0.15) is 25.3 Å². The van der Waals surface area contributed by atoms with Crippen LogP contribution in [-0.2, 0) is 6.42 Å². The molecule has 4 nitrogen and oxygen atoms in total. The minimum atomic E-state index is 0.475. The second kappa shape index (κ2) is 5.95. The van der Waals surface area contributed by atoms with E-state index in [0.717, 1.165) is 21.6 Å². The van der Waals surface area contributed by atoms with Crippen molar-refractivity contribution in [3.8, 4) is 10.8 Å². The summed E-state index contributed by atoms with van der Waals surface area (Å²) in [6.45, 7) is 7.14. The SMILES string of the molecule is Cc1cc(-c2nnc(CCNC(C)C)o2)sc1Br. The molecule has 98 valence electrons. The second-order valence-corrected chi connectivity index (χ2v) is 6.80. The fourth-order valence-electron chi connectivity index (χ4n) is 1.49. The van der Waals surface area contributed by atoms with Crippen molar-refractivity contribution in [3.05, 3.63) is 21.3 Å². The molecule has 0 aliphatic rings. The molecule has 2 heterocycles. The molecule has 2 aromatic rings. The van der Waals surface area contributed by atoms with Crippen molar-refractivity contribution in [1.29, 1.82) is 0 Å². The zero-order chi connectivity index (χ0) is 13.1. The predicted molar refractivity (Wildman–Crippen MR) is 76.9 cm³/mol. The van der Waals surface area contributed by atoms with Gasteiger partial charge in [0.1, 0.15) is 0 Å². The predicted octanol–water partition coefficient (Wildman–Crippen LogP) is 3.41. The normalized spacial score (nSPS) is 11.4. The van der Waals surface area contributed by atoms with E-state index in [1.807, 2.05) is 6.92 Å². The lowest BCUT2D eigenvalue weighted by Crippen LogP contribution is -2.25. The van der Waals surface area contributed by atoms with Gasteiger partial charge in [0, 0.05) is 19.0 Å². The Bertz CT molecular complexity index is 502. The molecule has 0 aliphatic carbocycles. The van der Waals surface area contributed by atoms with Crippen LogP contribution in [0.4, 0.5) is 0 Å². The van der Waals surface area contributed by atoms with E-state index >= 15 is 0 Å². The fourth-order valence-corrected chi connectivity index (χ4v) is 2.94. The first kappa shape index (κ1) is 13.7. The maximum Gasteiger partial charge on any atom is 0.257 e. The van der Waals surface area contributed by atoms with Crippen LogP contribution in [0.5, 0.6) is 0 Å². The van der Waals surface area contributed by atoms with Gasteiger partial charge in [-0.15, -0.1) is 21.5 Å². The molecule has 0 bridgehead atoms. The summed E-state index contributed by atoms with van der Waals surface area (Å²) >= 11 is 5.11. The zero-order valence-electron chi connectivity index (χ0n) is 10.7. The van der Waals surface area contributed by atoms with Crippen LogP contribution in [0.25, 0.3) is 10.8 Å². The topological polar surface area (TPSA) is 51.0 Å². The Morgan fingerprint density at radius 3 is 2.83 bits per heavy atom. The third kappa shape index (κ3) is 3.40. The number of aryl methyl sites for hydroxylation is 1. The number of nitrogens with zero attached hydrogens (tertiary/aromatic N) is 2. The molecule has 0 radical (unpaired) electrons. The summed E-state index contributed by atoms with van der Waals surface area (Å²) in [5, 5.41) is 11.5. The van der Waals surface area contributed by atoms with Crippen molar-refractivity contribution in [2.45, 2.75) is 33.2 Å². The van der Waals surface area contributed by atoms with E-state index < -0.39 is 0 Å². The smallest absolute Gasteiger partial charge is 0.257 e. The highest BCUT2D eigenvalue weighted by atomic mass is 79.9. The van der Waals surface area contributed by atoms with Crippen LogP contribution in [0, 0.1) is 6.92 Å². The molecule has 1 N–H and O–H groups in total. The first-order chi connectivity index (χ1) is 8.56. The molecule has 6 heteroatoms. The van der Waals surface area contributed by atoms with Crippen LogP contribution in [-0.4, -0.2) is 22.8 Å². The van der Waals surface area contributed by atoms with E-state index in [1.54, 1.807) is 11.3 Å². The molecular formula is C12H16BrN3OS. The molecule has 2 rings (SSSR count). The molecule has 0 saturated heterocycles. The number of hydrogen-bond donors (Lipinski definition) is 1.